The van der Waals surface area contributed by atoms with E-state index >= 15 is 0 Å². The van der Waals surface area contributed by atoms with E-state index in [1.807, 2.05) is 18.7 Å². The normalized spacial score (nSPS) is 16.1. The lowest BCUT2D eigenvalue weighted by molar-refractivity contribution is 0.377. The summed E-state index contributed by atoms with van der Waals surface area (Å²) in [6.07, 6.45) is 1.97. The van der Waals surface area contributed by atoms with Crippen LogP contribution in [0.15, 0.2) is 23.1 Å². The number of likely N-dealkylation sites (N-methyl/N-ethyl adjacent to an activating group) is 1. The highest BCUT2D eigenvalue weighted by Gasteiger charge is 2.13. The zero-order valence-corrected chi connectivity index (χ0v) is 10.4. The van der Waals surface area contributed by atoms with Gasteiger partial charge in [0.05, 0.1) is 0 Å². The fourth-order valence-electron chi connectivity index (χ4n) is 2.09. The summed E-state index contributed by atoms with van der Waals surface area (Å²) in [5, 5.41) is 3.17. The van der Waals surface area contributed by atoms with Gasteiger partial charge in [0, 0.05) is 16.7 Å². The third-order valence-corrected chi connectivity index (χ3v) is 4.02. The van der Waals surface area contributed by atoms with Crippen LogP contribution in [-0.2, 0) is 12.8 Å². The summed E-state index contributed by atoms with van der Waals surface area (Å²) in [5.74, 6) is 1.19. The lowest BCUT2D eigenvalue weighted by Crippen LogP contribution is -2.32. The predicted octanol–water partition coefficient (Wildman–Crippen LogP) is 2.82. The standard InChI is InChI=1S/C13H18FNS/c1-2-15-12(9-14)7-10-3-4-11-5-6-16-13(11)8-10/h3-4,8,12,15H,2,5-7,9H2,1H3. The van der Waals surface area contributed by atoms with E-state index in [1.54, 1.807) is 0 Å². The molecule has 2 rings (SSSR count). The van der Waals surface area contributed by atoms with E-state index in [0.717, 1.165) is 13.0 Å². The molecule has 3 heteroatoms. The van der Waals surface area contributed by atoms with Crippen molar-refractivity contribution in [3.05, 3.63) is 29.3 Å². The van der Waals surface area contributed by atoms with Gasteiger partial charge in [-0.2, -0.15) is 0 Å². The van der Waals surface area contributed by atoms with Crippen LogP contribution in [-0.4, -0.2) is 25.0 Å². The molecule has 0 spiro atoms. The topological polar surface area (TPSA) is 12.0 Å². The summed E-state index contributed by atoms with van der Waals surface area (Å²) in [4.78, 5) is 1.40. The van der Waals surface area contributed by atoms with Gasteiger partial charge in [0.1, 0.15) is 6.67 Å². The molecule has 0 amide bonds. The molecule has 1 aromatic rings. The maximum absolute atomic E-state index is 12.7. The number of halogens is 1. The Bertz CT molecular complexity index is 354. The van der Waals surface area contributed by atoms with E-state index in [0.29, 0.717) is 0 Å². The van der Waals surface area contributed by atoms with E-state index in [4.69, 9.17) is 0 Å². The Kier molecular flexibility index (Phi) is 4.24. The summed E-state index contributed by atoms with van der Waals surface area (Å²) < 4.78 is 12.7. The van der Waals surface area contributed by atoms with Gasteiger partial charge in [-0.05, 0) is 36.6 Å². The lowest BCUT2D eigenvalue weighted by atomic mass is 10.0. The molecule has 0 aliphatic carbocycles. The Morgan fingerprint density at radius 3 is 3.12 bits per heavy atom. The first-order valence-corrected chi connectivity index (χ1v) is 6.86. The molecule has 0 saturated heterocycles. The van der Waals surface area contributed by atoms with Crippen molar-refractivity contribution in [2.24, 2.45) is 0 Å². The quantitative estimate of drug-likeness (QED) is 0.848. The van der Waals surface area contributed by atoms with Gasteiger partial charge in [-0.3, -0.25) is 0 Å². The number of benzene rings is 1. The van der Waals surface area contributed by atoms with Gasteiger partial charge in [-0.15, -0.1) is 11.8 Å². The monoisotopic (exact) mass is 239 g/mol. The van der Waals surface area contributed by atoms with Gasteiger partial charge in [0.25, 0.3) is 0 Å². The van der Waals surface area contributed by atoms with Crippen LogP contribution in [0, 0.1) is 0 Å². The number of thioether (sulfide) groups is 1. The number of rotatable bonds is 5. The number of aryl methyl sites for hydroxylation is 1. The second kappa shape index (κ2) is 5.69. The van der Waals surface area contributed by atoms with Crippen molar-refractivity contribution in [2.45, 2.75) is 30.7 Å². The summed E-state index contributed by atoms with van der Waals surface area (Å²) in [6, 6.07) is 6.54. The first-order chi connectivity index (χ1) is 7.83. The molecule has 1 nitrogen and oxygen atoms in total. The van der Waals surface area contributed by atoms with Gasteiger partial charge >= 0.3 is 0 Å². The largest absolute Gasteiger partial charge is 0.311 e. The number of fused-ring (bicyclic) bond motifs is 1. The highest BCUT2D eigenvalue weighted by molar-refractivity contribution is 7.99. The van der Waals surface area contributed by atoms with Crippen molar-refractivity contribution in [3.8, 4) is 0 Å². The highest BCUT2D eigenvalue weighted by atomic mass is 32.2. The average molecular weight is 239 g/mol. The molecule has 1 unspecified atom stereocenters. The maximum Gasteiger partial charge on any atom is 0.105 e. The number of hydrogen-bond acceptors (Lipinski definition) is 2. The van der Waals surface area contributed by atoms with E-state index in [-0.39, 0.29) is 12.7 Å². The fourth-order valence-corrected chi connectivity index (χ4v) is 3.22. The third kappa shape index (κ3) is 2.77. The third-order valence-electron chi connectivity index (χ3n) is 2.92. The molecular weight excluding hydrogens is 221 g/mol. The van der Waals surface area contributed by atoms with Gasteiger partial charge < -0.3 is 5.32 Å². The minimum absolute atomic E-state index is 0.0329. The molecule has 1 atom stereocenters. The van der Waals surface area contributed by atoms with Crippen molar-refractivity contribution in [3.63, 3.8) is 0 Å². The molecule has 0 aromatic heterocycles. The van der Waals surface area contributed by atoms with Crippen molar-refractivity contribution in [2.75, 3.05) is 19.0 Å². The molecule has 0 fully saturated rings. The van der Waals surface area contributed by atoms with Crippen LogP contribution in [0.1, 0.15) is 18.1 Å². The second-order valence-corrected chi connectivity index (χ2v) is 5.29. The summed E-state index contributed by atoms with van der Waals surface area (Å²) in [7, 11) is 0. The number of alkyl halides is 1. The molecule has 1 heterocycles. The smallest absolute Gasteiger partial charge is 0.105 e. The molecule has 1 N–H and O–H groups in total. The van der Waals surface area contributed by atoms with Crippen LogP contribution in [0.3, 0.4) is 0 Å². The van der Waals surface area contributed by atoms with Gasteiger partial charge in [-0.1, -0.05) is 19.1 Å². The number of nitrogens with one attached hydrogen (secondary N) is 1. The molecule has 0 saturated carbocycles. The van der Waals surface area contributed by atoms with Crippen LogP contribution in [0.2, 0.25) is 0 Å². The van der Waals surface area contributed by atoms with E-state index < -0.39 is 0 Å². The van der Waals surface area contributed by atoms with Gasteiger partial charge in [-0.25, -0.2) is 4.39 Å². The molecule has 88 valence electrons. The molecule has 1 aliphatic rings. The number of hydrogen-bond donors (Lipinski definition) is 1. The van der Waals surface area contributed by atoms with Crippen LogP contribution in [0.4, 0.5) is 4.39 Å². The van der Waals surface area contributed by atoms with E-state index in [9.17, 15) is 4.39 Å². The average Bonchev–Trinajstić information content (AvgIpc) is 2.75. The minimum Gasteiger partial charge on any atom is -0.311 e. The molecule has 0 radical (unpaired) electrons. The summed E-state index contributed by atoms with van der Waals surface area (Å²) in [6.45, 7) is 2.55. The van der Waals surface area contributed by atoms with Crippen molar-refractivity contribution >= 4 is 11.8 Å². The molecular formula is C13H18FNS. The summed E-state index contributed by atoms with van der Waals surface area (Å²) >= 11 is 1.92. The predicted molar refractivity (Wildman–Crippen MR) is 68.0 cm³/mol. The molecule has 1 aromatic carbocycles. The highest BCUT2D eigenvalue weighted by Crippen LogP contribution is 2.32. The van der Waals surface area contributed by atoms with Gasteiger partial charge in [0.15, 0.2) is 0 Å². The first-order valence-electron chi connectivity index (χ1n) is 5.87. The zero-order chi connectivity index (χ0) is 11.4. The molecule has 0 bridgehead atoms. The van der Waals surface area contributed by atoms with Crippen LogP contribution in [0.5, 0.6) is 0 Å². The van der Waals surface area contributed by atoms with E-state index in [1.165, 1.54) is 28.2 Å². The van der Waals surface area contributed by atoms with E-state index in [2.05, 4.69) is 23.5 Å². The van der Waals surface area contributed by atoms with Crippen LogP contribution < -0.4 is 5.32 Å². The Morgan fingerprint density at radius 2 is 2.38 bits per heavy atom. The van der Waals surface area contributed by atoms with Crippen LogP contribution in [0.25, 0.3) is 0 Å². The van der Waals surface area contributed by atoms with Gasteiger partial charge in [0.2, 0.25) is 0 Å². The Hall–Kier alpha value is -0.540. The van der Waals surface area contributed by atoms with Crippen LogP contribution >= 0.6 is 11.8 Å². The van der Waals surface area contributed by atoms with Crippen molar-refractivity contribution < 1.29 is 4.39 Å². The van der Waals surface area contributed by atoms with Crippen molar-refractivity contribution in [1.29, 1.82) is 0 Å². The Labute approximate surface area is 101 Å². The minimum atomic E-state index is -0.294. The summed E-state index contributed by atoms with van der Waals surface area (Å²) in [5.41, 5.74) is 2.70. The SMILES string of the molecule is CCNC(CF)Cc1ccc2c(c1)SCC2. The Balaban J connectivity index is 2.04. The lowest BCUT2D eigenvalue weighted by Gasteiger charge is -2.14. The zero-order valence-electron chi connectivity index (χ0n) is 9.63. The fraction of sp³-hybridized carbons (Fsp3) is 0.538. The maximum atomic E-state index is 12.7. The molecule has 1 aliphatic heterocycles. The first kappa shape index (κ1) is 11.9. The molecule has 16 heavy (non-hydrogen) atoms. The van der Waals surface area contributed by atoms with Crippen molar-refractivity contribution in [1.82, 2.24) is 5.32 Å². The Morgan fingerprint density at radius 1 is 1.50 bits per heavy atom. The second-order valence-electron chi connectivity index (χ2n) is 4.15.